The molecule has 0 amide bonds. The van der Waals surface area contributed by atoms with Crippen LogP contribution in [0.2, 0.25) is 0 Å². The van der Waals surface area contributed by atoms with Gasteiger partial charge in [-0.3, -0.25) is 4.72 Å². The molecule has 0 aromatic heterocycles. The fourth-order valence-electron chi connectivity index (χ4n) is 1.30. The highest BCUT2D eigenvalue weighted by Gasteiger charge is 2.04. The van der Waals surface area contributed by atoms with Crippen molar-refractivity contribution in [2.75, 3.05) is 11.0 Å². The molecule has 3 nitrogen and oxygen atoms in total. The van der Waals surface area contributed by atoms with Crippen molar-refractivity contribution >= 4 is 15.7 Å². The predicted molar refractivity (Wildman–Crippen MR) is 71.3 cm³/mol. The molecular weight excluding hydrogens is 234 g/mol. The van der Waals surface area contributed by atoms with E-state index in [1.54, 1.807) is 12.1 Å². The van der Waals surface area contributed by atoms with Gasteiger partial charge in [0.25, 0.3) is 0 Å². The molecule has 1 rings (SSSR count). The Balaban J connectivity index is 2.87. The molecule has 0 saturated heterocycles. The van der Waals surface area contributed by atoms with Crippen molar-refractivity contribution in [1.29, 1.82) is 0 Å². The summed E-state index contributed by atoms with van der Waals surface area (Å²) in [5.74, 6) is 6.04. The van der Waals surface area contributed by atoms with Gasteiger partial charge in [-0.05, 0) is 18.6 Å². The first-order valence-corrected chi connectivity index (χ1v) is 7.48. The fraction of sp³-hybridized carbons (Fsp3) is 0.385. The summed E-state index contributed by atoms with van der Waals surface area (Å²) in [6, 6.07) is 7.15. The smallest absolute Gasteiger partial charge is 0.229 e. The Hall–Kier alpha value is -1.47. The maximum Gasteiger partial charge on any atom is 0.229 e. The van der Waals surface area contributed by atoms with Crippen molar-refractivity contribution in [2.45, 2.75) is 26.2 Å². The van der Waals surface area contributed by atoms with Crippen LogP contribution in [0.4, 0.5) is 5.69 Å². The van der Waals surface area contributed by atoms with Gasteiger partial charge in [0.05, 0.1) is 11.9 Å². The Morgan fingerprint density at radius 2 is 2.00 bits per heavy atom. The molecule has 0 aliphatic carbocycles. The number of sulfonamides is 1. The van der Waals surface area contributed by atoms with Crippen molar-refractivity contribution in [2.24, 2.45) is 0 Å². The van der Waals surface area contributed by atoms with Crippen LogP contribution in [-0.2, 0) is 10.0 Å². The van der Waals surface area contributed by atoms with E-state index in [9.17, 15) is 8.42 Å². The number of hydrogen-bond donors (Lipinski definition) is 1. The van der Waals surface area contributed by atoms with E-state index >= 15 is 0 Å². The zero-order valence-corrected chi connectivity index (χ0v) is 11.0. The molecule has 0 atom stereocenters. The number of benzene rings is 1. The van der Waals surface area contributed by atoms with Crippen molar-refractivity contribution in [3.63, 3.8) is 0 Å². The number of para-hydroxylation sites is 1. The summed E-state index contributed by atoms with van der Waals surface area (Å²) < 4.78 is 24.8. The largest absolute Gasteiger partial charge is 0.283 e. The molecule has 92 valence electrons. The van der Waals surface area contributed by atoms with Crippen LogP contribution in [-0.4, -0.2) is 14.7 Å². The second-order valence-corrected chi connectivity index (χ2v) is 5.57. The van der Waals surface area contributed by atoms with Crippen LogP contribution in [0, 0.1) is 11.8 Å². The van der Waals surface area contributed by atoms with Crippen LogP contribution in [0.15, 0.2) is 24.3 Å². The Kier molecular flexibility index (Phi) is 5.05. The van der Waals surface area contributed by atoms with E-state index in [1.165, 1.54) is 0 Å². The van der Waals surface area contributed by atoms with Gasteiger partial charge in [-0.15, -0.1) is 0 Å². The number of nitrogens with one attached hydrogen (secondary N) is 1. The summed E-state index contributed by atoms with van der Waals surface area (Å²) in [7, 11) is -3.25. The highest BCUT2D eigenvalue weighted by Crippen LogP contribution is 2.14. The van der Waals surface area contributed by atoms with E-state index in [4.69, 9.17) is 0 Å². The topological polar surface area (TPSA) is 46.2 Å². The predicted octanol–water partition coefficient (Wildman–Crippen LogP) is 2.60. The Labute approximate surface area is 103 Å². The van der Waals surface area contributed by atoms with Crippen LogP contribution in [0.1, 0.15) is 31.7 Å². The van der Waals surface area contributed by atoms with Gasteiger partial charge in [-0.2, -0.15) is 0 Å². The SMILES string of the molecule is CCCCC#Cc1ccccc1NS(C)(=O)=O. The molecule has 0 bridgehead atoms. The lowest BCUT2D eigenvalue weighted by Crippen LogP contribution is -2.10. The number of unbranched alkanes of at least 4 members (excludes halogenated alkanes) is 2. The van der Waals surface area contributed by atoms with Crippen molar-refractivity contribution in [3.05, 3.63) is 29.8 Å². The van der Waals surface area contributed by atoms with Crippen molar-refractivity contribution < 1.29 is 8.42 Å². The molecule has 0 aliphatic heterocycles. The number of hydrogen-bond acceptors (Lipinski definition) is 2. The molecule has 1 aromatic rings. The average molecular weight is 251 g/mol. The monoisotopic (exact) mass is 251 g/mol. The van der Waals surface area contributed by atoms with Crippen molar-refractivity contribution in [3.8, 4) is 11.8 Å². The summed E-state index contributed by atoms with van der Waals surface area (Å²) in [4.78, 5) is 0. The van der Waals surface area contributed by atoms with E-state index in [-0.39, 0.29) is 0 Å². The van der Waals surface area contributed by atoms with Crippen LogP contribution in [0.5, 0.6) is 0 Å². The molecule has 0 fully saturated rings. The Morgan fingerprint density at radius 1 is 1.29 bits per heavy atom. The summed E-state index contributed by atoms with van der Waals surface area (Å²) in [5.41, 5.74) is 1.26. The van der Waals surface area contributed by atoms with Gasteiger partial charge < -0.3 is 0 Å². The second-order valence-electron chi connectivity index (χ2n) is 3.83. The van der Waals surface area contributed by atoms with Crippen LogP contribution >= 0.6 is 0 Å². The second kappa shape index (κ2) is 6.31. The van der Waals surface area contributed by atoms with Gasteiger partial charge in [-0.1, -0.05) is 37.3 Å². The molecule has 17 heavy (non-hydrogen) atoms. The Morgan fingerprint density at radius 3 is 2.65 bits per heavy atom. The first-order chi connectivity index (χ1) is 8.03. The van der Waals surface area contributed by atoms with E-state index in [0.717, 1.165) is 25.5 Å². The summed E-state index contributed by atoms with van der Waals surface area (Å²) >= 11 is 0. The summed E-state index contributed by atoms with van der Waals surface area (Å²) in [5, 5.41) is 0. The zero-order valence-electron chi connectivity index (χ0n) is 10.2. The lowest BCUT2D eigenvalue weighted by atomic mass is 10.2. The van der Waals surface area contributed by atoms with Gasteiger partial charge in [0.2, 0.25) is 10.0 Å². The quantitative estimate of drug-likeness (QED) is 0.660. The minimum absolute atomic E-state index is 0.541. The first kappa shape index (κ1) is 13.6. The molecule has 0 spiro atoms. The lowest BCUT2D eigenvalue weighted by Gasteiger charge is -2.05. The summed E-state index contributed by atoms with van der Waals surface area (Å²) in [6.07, 6.45) is 4.14. The van der Waals surface area contributed by atoms with Crippen LogP contribution in [0.3, 0.4) is 0 Å². The molecule has 4 heteroatoms. The third kappa shape index (κ3) is 5.41. The maximum absolute atomic E-state index is 11.2. The normalized spacial score (nSPS) is 10.5. The van der Waals surface area contributed by atoms with E-state index in [2.05, 4.69) is 23.5 Å². The van der Waals surface area contributed by atoms with Gasteiger partial charge in [0, 0.05) is 12.0 Å². The average Bonchev–Trinajstić information content (AvgIpc) is 2.24. The van der Waals surface area contributed by atoms with Gasteiger partial charge in [-0.25, -0.2) is 8.42 Å². The zero-order chi connectivity index (χ0) is 12.7. The highest BCUT2D eigenvalue weighted by atomic mass is 32.2. The minimum Gasteiger partial charge on any atom is -0.283 e. The molecule has 0 aliphatic rings. The van der Waals surface area contributed by atoms with Gasteiger partial charge in [0.15, 0.2) is 0 Å². The van der Waals surface area contributed by atoms with E-state index in [1.807, 2.05) is 12.1 Å². The maximum atomic E-state index is 11.2. The van der Waals surface area contributed by atoms with Crippen molar-refractivity contribution in [1.82, 2.24) is 0 Å². The van der Waals surface area contributed by atoms with Gasteiger partial charge in [0.1, 0.15) is 0 Å². The lowest BCUT2D eigenvalue weighted by molar-refractivity contribution is 0.607. The van der Waals surface area contributed by atoms with E-state index in [0.29, 0.717) is 11.3 Å². The molecule has 1 aromatic carbocycles. The van der Waals surface area contributed by atoms with Gasteiger partial charge >= 0.3 is 0 Å². The fourth-order valence-corrected chi connectivity index (χ4v) is 1.88. The Bertz CT molecular complexity index is 524. The number of rotatable bonds is 4. The standard InChI is InChI=1S/C13H17NO2S/c1-3-4-5-6-9-12-10-7-8-11-13(12)14-17(2,15)16/h7-8,10-11,14H,3-5H2,1-2H3. The minimum atomic E-state index is -3.25. The van der Waals surface area contributed by atoms with E-state index < -0.39 is 10.0 Å². The molecule has 0 unspecified atom stereocenters. The molecule has 0 saturated carbocycles. The third-order valence-corrected chi connectivity index (χ3v) is 2.69. The third-order valence-electron chi connectivity index (χ3n) is 2.10. The van der Waals surface area contributed by atoms with Crippen LogP contribution < -0.4 is 4.72 Å². The number of anilines is 1. The highest BCUT2D eigenvalue weighted by molar-refractivity contribution is 7.92. The molecule has 0 heterocycles. The molecule has 1 N–H and O–H groups in total. The first-order valence-electron chi connectivity index (χ1n) is 5.58. The summed E-state index contributed by atoms with van der Waals surface area (Å²) in [6.45, 7) is 2.11. The molecular formula is C13H17NO2S. The molecule has 0 radical (unpaired) electrons. The van der Waals surface area contributed by atoms with Crippen LogP contribution in [0.25, 0.3) is 0 Å².